The summed E-state index contributed by atoms with van der Waals surface area (Å²) in [6.07, 6.45) is 0.895. The zero-order chi connectivity index (χ0) is 8.65. The van der Waals surface area contributed by atoms with Gasteiger partial charge in [0, 0.05) is 17.9 Å². The van der Waals surface area contributed by atoms with Gasteiger partial charge in [-0.25, -0.2) is 0 Å². The van der Waals surface area contributed by atoms with Gasteiger partial charge in [0.25, 0.3) is 0 Å². The molecule has 64 valence electrons. The average Bonchev–Trinajstić information content (AvgIpc) is 2.62. The van der Waals surface area contributed by atoms with E-state index in [1.54, 1.807) is 0 Å². The van der Waals surface area contributed by atoms with Crippen LogP contribution in [0.25, 0.3) is 0 Å². The third-order valence-electron chi connectivity index (χ3n) is 2.23. The quantitative estimate of drug-likeness (QED) is 0.653. The van der Waals surface area contributed by atoms with Crippen molar-refractivity contribution in [2.75, 3.05) is 6.61 Å². The van der Waals surface area contributed by atoms with Crippen molar-refractivity contribution in [3.05, 3.63) is 0 Å². The molecule has 0 aromatic rings. The number of hydrogen-bond acceptors (Lipinski definition) is 2. The molecule has 11 heavy (non-hydrogen) atoms. The van der Waals surface area contributed by atoms with Gasteiger partial charge in [-0.15, -0.1) is 0 Å². The molecule has 0 heterocycles. The van der Waals surface area contributed by atoms with Gasteiger partial charge < -0.3 is 5.11 Å². The number of hydrogen-bond donors (Lipinski definition) is 1. The molecule has 0 spiro atoms. The normalized spacial score (nSPS) is 30.2. The molecule has 2 heteroatoms. The van der Waals surface area contributed by atoms with Crippen LogP contribution in [-0.2, 0) is 4.79 Å². The highest BCUT2D eigenvalue weighted by Gasteiger charge is 2.45. The lowest BCUT2D eigenvalue weighted by molar-refractivity contribution is -0.128. The van der Waals surface area contributed by atoms with E-state index in [1.165, 1.54) is 0 Å². The van der Waals surface area contributed by atoms with Crippen LogP contribution >= 0.6 is 0 Å². The number of aliphatic hydroxyl groups is 1. The van der Waals surface area contributed by atoms with Gasteiger partial charge in [0.1, 0.15) is 5.78 Å². The maximum absolute atomic E-state index is 11.5. The summed E-state index contributed by atoms with van der Waals surface area (Å²) >= 11 is 0. The Hall–Kier alpha value is -0.370. The van der Waals surface area contributed by atoms with Crippen LogP contribution in [0.4, 0.5) is 0 Å². The lowest BCUT2D eigenvalue weighted by atomic mass is 9.87. The smallest absolute Gasteiger partial charge is 0.141 e. The highest BCUT2D eigenvalue weighted by atomic mass is 16.3. The van der Waals surface area contributed by atoms with Crippen LogP contribution in [0.15, 0.2) is 0 Å². The molecule has 0 saturated heterocycles. The first-order valence-electron chi connectivity index (χ1n) is 4.12. The zero-order valence-corrected chi connectivity index (χ0v) is 7.42. The third kappa shape index (κ3) is 1.80. The summed E-state index contributed by atoms with van der Waals surface area (Å²) < 4.78 is 0. The number of Topliss-reactive ketones (excluding diaryl/α,β-unsaturated/α-hetero) is 1. The fourth-order valence-electron chi connectivity index (χ4n) is 1.33. The van der Waals surface area contributed by atoms with Crippen LogP contribution < -0.4 is 0 Å². The Kier molecular flexibility index (Phi) is 2.06. The number of ketones is 1. The molecule has 2 nitrogen and oxygen atoms in total. The van der Waals surface area contributed by atoms with E-state index in [1.807, 2.05) is 20.8 Å². The van der Waals surface area contributed by atoms with Crippen molar-refractivity contribution in [1.82, 2.24) is 0 Å². The lowest BCUT2D eigenvalue weighted by Gasteiger charge is -2.15. The van der Waals surface area contributed by atoms with Gasteiger partial charge in [-0.3, -0.25) is 4.79 Å². The van der Waals surface area contributed by atoms with Crippen molar-refractivity contribution in [1.29, 1.82) is 0 Å². The highest BCUT2D eigenvalue weighted by molar-refractivity contribution is 5.88. The van der Waals surface area contributed by atoms with Crippen LogP contribution in [0.3, 0.4) is 0 Å². The average molecular weight is 156 g/mol. The molecule has 1 N–H and O–H groups in total. The van der Waals surface area contributed by atoms with Crippen molar-refractivity contribution in [3.63, 3.8) is 0 Å². The van der Waals surface area contributed by atoms with Crippen molar-refractivity contribution in [2.24, 2.45) is 17.3 Å². The minimum atomic E-state index is -0.228. The first kappa shape index (κ1) is 8.72. The summed E-state index contributed by atoms with van der Waals surface area (Å²) in [5.74, 6) is 0.721. The van der Waals surface area contributed by atoms with Gasteiger partial charge in [0.2, 0.25) is 0 Å². The van der Waals surface area contributed by atoms with Gasteiger partial charge in [0.05, 0.1) is 0 Å². The van der Waals surface area contributed by atoms with E-state index in [0.717, 1.165) is 6.42 Å². The van der Waals surface area contributed by atoms with Gasteiger partial charge in [0.15, 0.2) is 0 Å². The predicted molar refractivity (Wildman–Crippen MR) is 43.1 cm³/mol. The van der Waals surface area contributed by atoms with Crippen molar-refractivity contribution >= 4 is 5.78 Å². The van der Waals surface area contributed by atoms with E-state index in [4.69, 9.17) is 5.11 Å². The molecule has 0 amide bonds. The van der Waals surface area contributed by atoms with Crippen LogP contribution in [0.5, 0.6) is 0 Å². The van der Waals surface area contributed by atoms with Gasteiger partial charge in [-0.05, 0) is 12.3 Å². The van der Waals surface area contributed by atoms with Gasteiger partial charge in [-0.2, -0.15) is 0 Å². The molecule has 1 rings (SSSR count). The first-order chi connectivity index (χ1) is 4.96. The van der Waals surface area contributed by atoms with Crippen molar-refractivity contribution in [2.45, 2.75) is 27.2 Å². The molecule has 1 aliphatic carbocycles. The second kappa shape index (κ2) is 2.59. The van der Waals surface area contributed by atoms with E-state index < -0.39 is 0 Å². The minimum absolute atomic E-state index is 0.153. The Bertz CT molecular complexity index is 167. The Morgan fingerprint density at radius 3 is 2.36 bits per heavy atom. The predicted octanol–water partition coefficient (Wildman–Crippen LogP) is 1.23. The number of carbonyl (C=O) groups excluding carboxylic acids is 1. The second-order valence-corrected chi connectivity index (χ2v) is 4.40. The molecule has 2 atom stereocenters. The molecule has 1 fully saturated rings. The fourth-order valence-corrected chi connectivity index (χ4v) is 1.33. The largest absolute Gasteiger partial charge is 0.396 e. The summed E-state index contributed by atoms with van der Waals surface area (Å²) in [5, 5.41) is 8.74. The molecule has 0 aromatic heterocycles. The molecular weight excluding hydrogens is 140 g/mol. The Morgan fingerprint density at radius 1 is 1.55 bits per heavy atom. The van der Waals surface area contributed by atoms with E-state index in [2.05, 4.69) is 0 Å². The SMILES string of the molecule is CC(C)(C)C(=O)C1CC1CO. The van der Waals surface area contributed by atoms with Crippen molar-refractivity contribution < 1.29 is 9.90 Å². The number of carbonyl (C=O) groups is 1. The molecule has 1 aliphatic rings. The molecule has 0 radical (unpaired) electrons. The molecule has 1 saturated carbocycles. The van der Waals surface area contributed by atoms with Gasteiger partial charge in [-0.1, -0.05) is 20.8 Å². The van der Waals surface area contributed by atoms with E-state index in [-0.39, 0.29) is 23.9 Å². The summed E-state index contributed by atoms with van der Waals surface area (Å²) in [6.45, 7) is 5.97. The van der Waals surface area contributed by atoms with Crippen LogP contribution in [0, 0.1) is 17.3 Å². The molecule has 0 aliphatic heterocycles. The maximum Gasteiger partial charge on any atom is 0.141 e. The Morgan fingerprint density at radius 2 is 2.09 bits per heavy atom. The van der Waals surface area contributed by atoms with Crippen LogP contribution in [0.2, 0.25) is 0 Å². The molecule has 2 unspecified atom stereocenters. The summed E-state index contributed by atoms with van der Waals surface area (Å²) in [6, 6.07) is 0. The molecule has 0 aromatic carbocycles. The zero-order valence-electron chi connectivity index (χ0n) is 7.42. The Balaban J connectivity index is 2.46. The van der Waals surface area contributed by atoms with E-state index in [0.29, 0.717) is 5.78 Å². The summed E-state index contributed by atoms with van der Waals surface area (Å²) in [5.41, 5.74) is -0.228. The summed E-state index contributed by atoms with van der Waals surface area (Å²) in [4.78, 5) is 11.5. The van der Waals surface area contributed by atoms with E-state index >= 15 is 0 Å². The first-order valence-corrected chi connectivity index (χ1v) is 4.12. The second-order valence-electron chi connectivity index (χ2n) is 4.40. The number of rotatable bonds is 2. The van der Waals surface area contributed by atoms with Gasteiger partial charge >= 0.3 is 0 Å². The van der Waals surface area contributed by atoms with E-state index in [9.17, 15) is 4.79 Å². The Labute approximate surface area is 67.6 Å². The fraction of sp³-hybridized carbons (Fsp3) is 0.889. The highest BCUT2D eigenvalue weighted by Crippen LogP contribution is 2.42. The lowest BCUT2D eigenvalue weighted by Crippen LogP contribution is -2.22. The standard InChI is InChI=1S/C9H16O2/c1-9(2,3)8(11)7-4-6(7)5-10/h6-7,10H,4-5H2,1-3H3. The molecular formula is C9H16O2. The maximum atomic E-state index is 11.5. The van der Waals surface area contributed by atoms with Crippen LogP contribution in [-0.4, -0.2) is 17.5 Å². The van der Waals surface area contributed by atoms with Crippen molar-refractivity contribution in [3.8, 4) is 0 Å². The van der Waals surface area contributed by atoms with Crippen LogP contribution in [0.1, 0.15) is 27.2 Å². The monoisotopic (exact) mass is 156 g/mol. The summed E-state index contributed by atoms with van der Waals surface area (Å²) in [7, 11) is 0. The minimum Gasteiger partial charge on any atom is -0.396 e. The topological polar surface area (TPSA) is 37.3 Å². The molecule has 0 bridgehead atoms. The third-order valence-corrected chi connectivity index (χ3v) is 2.23. The number of aliphatic hydroxyl groups excluding tert-OH is 1.